The number of carbonyl (C=O) groups excluding carboxylic acids is 1. The third kappa shape index (κ3) is 3.71. The summed E-state index contributed by atoms with van der Waals surface area (Å²) in [7, 11) is 3.29. The molecule has 0 bridgehead atoms. The maximum atomic E-state index is 11.7. The van der Waals surface area contributed by atoms with Crippen molar-refractivity contribution in [3.8, 4) is 11.5 Å². The van der Waals surface area contributed by atoms with Crippen molar-refractivity contribution in [2.45, 2.75) is 26.8 Å². The smallest absolute Gasteiger partial charge is 0.228 e. The van der Waals surface area contributed by atoms with Gasteiger partial charge in [0.25, 0.3) is 0 Å². The molecule has 0 spiro atoms. The lowest BCUT2D eigenvalue weighted by Gasteiger charge is -2.30. The molecule has 7 nitrogen and oxygen atoms in total. The van der Waals surface area contributed by atoms with Gasteiger partial charge in [-0.15, -0.1) is 10.2 Å². The number of hydrogen-bond acceptors (Lipinski definition) is 6. The molecule has 0 unspecified atom stereocenters. The van der Waals surface area contributed by atoms with E-state index in [1.165, 1.54) is 11.1 Å². The molecular weight excluding hydrogens is 332 g/mol. The molecule has 0 aliphatic carbocycles. The standard InChI is InChI=1S/C19H24N4O3/c1-12(2)19(24)20-17-5-6-18(22-21-17)23-8-7-13-9-15(25-3)16(26-4)10-14(13)11-23/h5-6,9-10,12H,7-8,11H2,1-4H3,(H,20,21,24). The van der Waals surface area contributed by atoms with Gasteiger partial charge in [0, 0.05) is 19.0 Å². The molecule has 138 valence electrons. The van der Waals surface area contributed by atoms with E-state index in [0.29, 0.717) is 5.82 Å². The Kier molecular flexibility index (Phi) is 5.25. The second-order valence-electron chi connectivity index (χ2n) is 6.57. The minimum absolute atomic E-state index is 0.0695. The molecule has 1 aromatic carbocycles. The first-order chi connectivity index (χ1) is 12.5. The van der Waals surface area contributed by atoms with Gasteiger partial charge in [0.05, 0.1) is 14.2 Å². The third-order valence-corrected chi connectivity index (χ3v) is 4.47. The van der Waals surface area contributed by atoms with Crippen LogP contribution in [0, 0.1) is 5.92 Å². The van der Waals surface area contributed by atoms with Crippen LogP contribution in [0.3, 0.4) is 0 Å². The van der Waals surface area contributed by atoms with Crippen LogP contribution in [0.2, 0.25) is 0 Å². The Morgan fingerprint density at radius 1 is 1.12 bits per heavy atom. The van der Waals surface area contributed by atoms with Gasteiger partial charge in [-0.2, -0.15) is 0 Å². The molecule has 2 heterocycles. The Labute approximate surface area is 153 Å². The van der Waals surface area contributed by atoms with Crippen molar-refractivity contribution >= 4 is 17.5 Å². The fourth-order valence-electron chi connectivity index (χ4n) is 2.91. The predicted octanol–water partition coefficient (Wildman–Crippen LogP) is 2.65. The third-order valence-electron chi connectivity index (χ3n) is 4.47. The van der Waals surface area contributed by atoms with Crippen molar-refractivity contribution in [2.75, 3.05) is 31.0 Å². The zero-order valence-corrected chi connectivity index (χ0v) is 15.6. The fraction of sp³-hybridized carbons (Fsp3) is 0.421. The number of fused-ring (bicyclic) bond motifs is 1. The van der Waals surface area contributed by atoms with E-state index >= 15 is 0 Å². The number of rotatable bonds is 5. The van der Waals surface area contributed by atoms with Crippen molar-refractivity contribution < 1.29 is 14.3 Å². The van der Waals surface area contributed by atoms with Crippen LogP contribution in [0.1, 0.15) is 25.0 Å². The summed E-state index contributed by atoms with van der Waals surface area (Å²) in [5.41, 5.74) is 2.44. The molecule has 1 aromatic heterocycles. The van der Waals surface area contributed by atoms with Crippen LogP contribution in [0.4, 0.5) is 11.6 Å². The van der Waals surface area contributed by atoms with Gasteiger partial charge in [0.1, 0.15) is 0 Å². The SMILES string of the molecule is COc1cc2c(cc1OC)CN(c1ccc(NC(=O)C(C)C)nn1)CC2. The van der Waals surface area contributed by atoms with Gasteiger partial charge in [-0.1, -0.05) is 13.8 Å². The Morgan fingerprint density at radius 3 is 2.38 bits per heavy atom. The predicted molar refractivity (Wildman–Crippen MR) is 99.8 cm³/mol. The number of anilines is 2. The van der Waals surface area contributed by atoms with Crippen molar-refractivity contribution in [3.63, 3.8) is 0 Å². The topological polar surface area (TPSA) is 76.6 Å². The summed E-state index contributed by atoms with van der Waals surface area (Å²) in [6, 6.07) is 7.73. The van der Waals surface area contributed by atoms with E-state index in [2.05, 4.69) is 20.4 Å². The Hall–Kier alpha value is -2.83. The van der Waals surface area contributed by atoms with E-state index in [1.807, 2.05) is 32.0 Å². The Morgan fingerprint density at radius 2 is 1.81 bits per heavy atom. The van der Waals surface area contributed by atoms with Gasteiger partial charge >= 0.3 is 0 Å². The lowest BCUT2D eigenvalue weighted by Crippen LogP contribution is -2.31. The second-order valence-corrected chi connectivity index (χ2v) is 6.57. The molecule has 0 radical (unpaired) electrons. The maximum absolute atomic E-state index is 11.7. The summed E-state index contributed by atoms with van der Waals surface area (Å²) in [6.07, 6.45) is 0.892. The van der Waals surface area contributed by atoms with Crippen LogP contribution in [-0.2, 0) is 17.8 Å². The second kappa shape index (κ2) is 7.59. The number of aromatic nitrogens is 2. The number of benzene rings is 1. The molecular formula is C19H24N4O3. The molecule has 7 heteroatoms. The van der Waals surface area contributed by atoms with Gasteiger partial charge in [-0.3, -0.25) is 4.79 Å². The highest BCUT2D eigenvalue weighted by atomic mass is 16.5. The highest BCUT2D eigenvalue weighted by Crippen LogP contribution is 2.34. The lowest BCUT2D eigenvalue weighted by molar-refractivity contribution is -0.118. The van der Waals surface area contributed by atoms with Crippen LogP contribution >= 0.6 is 0 Å². The molecule has 0 atom stereocenters. The van der Waals surface area contributed by atoms with E-state index in [-0.39, 0.29) is 11.8 Å². The molecule has 2 aromatic rings. The van der Waals surface area contributed by atoms with Crippen molar-refractivity contribution in [1.29, 1.82) is 0 Å². The number of amides is 1. The molecule has 0 fully saturated rings. The highest BCUT2D eigenvalue weighted by Gasteiger charge is 2.21. The van der Waals surface area contributed by atoms with Crippen LogP contribution in [-0.4, -0.2) is 36.9 Å². The van der Waals surface area contributed by atoms with Crippen molar-refractivity contribution in [3.05, 3.63) is 35.4 Å². The van der Waals surface area contributed by atoms with E-state index in [4.69, 9.17) is 9.47 Å². The van der Waals surface area contributed by atoms with Gasteiger partial charge in [0.15, 0.2) is 23.1 Å². The minimum atomic E-state index is -0.0953. The Balaban J connectivity index is 1.75. The van der Waals surface area contributed by atoms with Gasteiger partial charge in [-0.05, 0) is 41.8 Å². The van der Waals surface area contributed by atoms with Crippen LogP contribution in [0.25, 0.3) is 0 Å². The minimum Gasteiger partial charge on any atom is -0.493 e. The molecule has 3 rings (SSSR count). The number of carbonyl (C=O) groups is 1. The van der Waals surface area contributed by atoms with E-state index in [0.717, 1.165) is 36.8 Å². The summed E-state index contributed by atoms with van der Waals surface area (Å²) in [5.74, 6) is 2.57. The fourth-order valence-corrected chi connectivity index (χ4v) is 2.91. The van der Waals surface area contributed by atoms with Gasteiger partial charge in [-0.25, -0.2) is 0 Å². The first-order valence-electron chi connectivity index (χ1n) is 8.65. The molecule has 1 aliphatic rings. The average molecular weight is 356 g/mol. The summed E-state index contributed by atoms with van der Waals surface area (Å²) in [4.78, 5) is 13.9. The normalized spacial score (nSPS) is 13.3. The monoisotopic (exact) mass is 356 g/mol. The number of methoxy groups -OCH3 is 2. The summed E-state index contributed by atoms with van der Waals surface area (Å²) >= 11 is 0. The number of ether oxygens (including phenoxy) is 2. The van der Waals surface area contributed by atoms with Gasteiger partial charge < -0.3 is 19.7 Å². The molecule has 1 aliphatic heterocycles. The number of hydrogen-bond donors (Lipinski definition) is 1. The van der Waals surface area contributed by atoms with Crippen molar-refractivity contribution in [1.82, 2.24) is 10.2 Å². The van der Waals surface area contributed by atoms with Crippen LogP contribution < -0.4 is 19.7 Å². The highest BCUT2D eigenvalue weighted by molar-refractivity contribution is 5.91. The summed E-state index contributed by atoms with van der Waals surface area (Å²) in [5, 5.41) is 11.1. The van der Waals surface area contributed by atoms with E-state index < -0.39 is 0 Å². The largest absolute Gasteiger partial charge is 0.493 e. The van der Waals surface area contributed by atoms with E-state index in [1.54, 1.807) is 20.3 Å². The lowest BCUT2D eigenvalue weighted by atomic mass is 9.99. The first-order valence-corrected chi connectivity index (χ1v) is 8.65. The summed E-state index contributed by atoms with van der Waals surface area (Å²) in [6.45, 7) is 5.24. The zero-order valence-electron chi connectivity index (χ0n) is 15.6. The Bertz CT molecular complexity index is 790. The first kappa shape index (κ1) is 18.0. The van der Waals surface area contributed by atoms with Crippen LogP contribution in [0.15, 0.2) is 24.3 Å². The maximum Gasteiger partial charge on any atom is 0.228 e. The molecule has 1 N–H and O–H groups in total. The van der Waals surface area contributed by atoms with Gasteiger partial charge in [0.2, 0.25) is 5.91 Å². The van der Waals surface area contributed by atoms with Crippen molar-refractivity contribution in [2.24, 2.45) is 5.92 Å². The molecule has 0 saturated carbocycles. The summed E-state index contributed by atoms with van der Waals surface area (Å²) < 4.78 is 10.8. The average Bonchev–Trinajstić information content (AvgIpc) is 2.66. The number of nitrogens with one attached hydrogen (secondary N) is 1. The molecule has 0 saturated heterocycles. The van der Waals surface area contributed by atoms with Crippen LogP contribution in [0.5, 0.6) is 11.5 Å². The zero-order chi connectivity index (χ0) is 18.7. The molecule has 1 amide bonds. The van der Waals surface area contributed by atoms with E-state index in [9.17, 15) is 4.79 Å². The quantitative estimate of drug-likeness (QED) is 0.888. The number of nitrogens with zero attached hydrogens (tertiary/aromatic N) is 3. The molecule has 26 heavy (non-hydrogen) atoms.